The molecule has 0 heterocycles. The molecule has 0 radical (unpaired) electrons. The van der Waals surface area contributed by atoms with Crippen LogP contribution >= 0.6 is 15.9 Å². The molecule has 2 rings (SSSR count). The number of aliphatic hydroxyl groups excluding tert-OH is 1. The first-order chi connectivity index (χ1) is 10.6. The lowest BCUT2D eigenvalue weighted by molar-refractivity contribution is 0.229. The van der Waals surface area contributed by atoms with Crippen molar-refractivity contribution in [2.45, 2.75) is 13.0 Å². The predicted octanol–water partition coefficient (Wildman–Crippen LogP) is 3.74. The molecular formula is C16H17BrN2O3. The Balaban J connectivity index is 1.92. The molecule has 2 aromatic rings. The number of carbonyl (C=O) groups is 1. The number of rotatable bonds is 5. The zero-order valence-electron chi connectivity index (χ0n) is 12.0. The van der Waals surface area contributed by atoms with Gasteiger partial charge in [0.15, 0.2) is 0 Å². The summed E-state index contributed by atoms with van der Waals surface area (Å²) >= 11 is 3.37. The fraction of sp³-hybridized carbons (Fsp3) is 0.188. The maximum absolute atomic E-state index is 11.6. The molecule has 6 heteroatoms. The van der Waals surface area contributed by atoms with Crippen molar-refractivity contribution in [3.8, 4) is 11.5 Å². The van der Waals surface area contributed by atoms with Crippen molar-refractivity contribution < 1.29 is 14.6 Å². The monoisotopic (exact) mass is 364 g/mol. The number of carbonyl (C=O) groups excluding carboxylic acids is 1. The zero-order valence-corrected chi connectivity index (χ0v) is 13.6. The molecule has 2 aromatic carbocycles. The average Bonchev–Trinajstić information content (AvgIpc) is 2.51. The number of ether oxygens (including phenoxy) is 1. The van der Waals surface area contributed by atoms with Crippen LogP contribution in [0.3, 0.4) is 0 Å². The molecule has 0 aromatic heterocycles. The van der Waals surface area contributed by atoms with Gasteiger partial charge in [-0.1, -0.05) is 15.9 Å². The molecule has 0 fully saturated rings. The number of hydrogen-bond acceptors (Lipinski definition) is 3. The summed E-state index contributed by atoms with van der Waals surface area (Å²) < 4.78 is 6.68. The number of hydrogen-bond donors (Lipinski definition) is 3. The van der Waals surface area contributed by atoms with E-state index in [1.807, 2.05) is 24.3 Å². The van der Waals surface area contributed by atoms with E-state index in [1.165, 1.54) is 0 Å². The van der Waals surface area contributed by atoms with Gasteiger partial charge in [-0.15, -0.1) is 0 Å². The molecule has 0 bridgehead atoms. The van der Waals surface area contributed by atoms with E-state index >= 15 is 0 Å². The summed E-state index contributed by atoms with van der Waals surface area (Å²) in [5.74, 6) is 1.41. The Hall–Kier alpha value is -2.05. The molecule has 0 unspecified atom stereocenters. The Morgan fingerprint density at radius 2 is 1.68 bits per heavy atom. The van der Waals surface area contributed by atoms with Gasteiger partial charge in [0.05, 0.1) is 12.6 Å². The van der Waals surface area contributed by atoms with Gasteiger partial charge in [-0.05, 0) is 55.5 Å². The van der Waals surface area contributed by atoms with E-state index in [4.69, 9.17) is 9.84 Å². The zero-order chi connectivity index (χ0) is 15.9. The topological polar surface area (TPSA) is 70.6 Å². The average molecular weight is 365 g/mol. The molecule has 0 spiro atoms. The summed E-state index contributed by atoms with van der Waals surface area (Å²) in [4.78, 5) is 11.6. The van der Waals surface area contributed by atoms with Crippen LogP contribution in [0.25, 0.3) is 0 Å². The number of amides is 2. The number of aliphatic hydroxyl groups is 1. The maximum Gasteiger partial charge on any atom is 0.319 e. The fourth-order valence-electron chi connectivity index (χ4n) is 1.68. The van der Waals surface area contributed by atoms with Crippen LogP contribution in [0.1, 0.15) is 6.92 Å². The van der Waals surface area contributed by atoms with E-state index in [2.05, 4.69) is 26.6 Å². The molecule has 2 amide bonds. The highest BCUT2D eigenvalue weighted by Crippen LogP contribution is 2.24. The highest BCUT2D eigenvalue weighted by molar-refractivity contribution is 9.10. The Morgan fingerprint density at radius 1 is 1.14 bits per heavy atom. The first-order valence-corrected chi connectivity index (χ1v) is 7.58. The summed E-state index contributed by atoms with van der Waals surface area (Å²) in [5, 5.41) is 14.2. The molecule has 116 valence electrons. The molecular weight excluding hydrogens is 348 g/mol. The Morgan fingerprint density at radius 3 is 2.23 bits per heavy atom. The predicted molar refractivity (Wildman–Crippen MR) is 89.4 cm³/mol. The Bertz CT molecular complexity index is 614. The fourth-order valence-corrected chi connectivity index (χ4v) is 1.95. The van der Waals surface area contributed by atoms with Crippen molar-refractivity contribution in [1.82, 2.24) is 5.32 Å². The first-order valence-electron chi connectivity index (χ1n) is 6.78. The van der Waals surface area contributed by atoms with Gasteiger partial charge in [0.2, 0.25) is 0 Å². The Labute approximate surface area is 137 Å². The van der Waals surface area contributed by atoms with Crippen molar-refractivity contribution in [3.63, 3.8) is 0 Å². The summed E-state index contributed by atoms with van der Waals surface area (Å²) in [5.41, 5.74) is 0.644. The SMILES string of the molecule is C[C@@H](CO)NC(=O)Nc1ccc(Oc2ccc(Br)cc2)cc1. The van der Waals surface area contributed by atoms with Crippen molar-refractivity contribution >= 4 is 27.6 Å². The normalized spacial score (nSPS) is 11.6. The second-order valence-corrected chi connectivity index (χ2v) is 5.68. The molecule has 22 heavy (non-hydrogen) atoms. The standard InChI is InChI=1S/C16H17BrN2O3/c1-11(10-20)18-16(21)19-13-4-8-15(9-5-13)22-14-6-2-12(17)3-7-14/h2-9,11,20H,10H2,1H3,(H2,18,19,21)/t11-/m0/s1. The third kappa shape index (κ3) is 5.05. The minimum Gasteiger partial charge on any atom is -0.457 e. The van der Waals surface area contributed by atoms with Crippen molar-refractivity contribution in [3.05, 3.63) is 53.0 Å². The molecule has 0 saturated heterocycles. The van der Waals surface area contributed by atoms with Gasteiger partial charge in [0.1, 0.15) is 11.5 Å². The van der Waals surface area contributed by atoms with Gasteiger partial charge >= 0.3 is 6.03 Å². The van der Waals surface area contributed by atoms with Crippen LogP contribution in [0.2, 0.25) is 0 Å². The minimum atomic E-state index is -0.358. The van der Waals surface area contributed by atoms with Crippen LogP contribution in [0.4, 0.5) is 10.5 Å². The number of urea groups is 1. The van der Waals surface area contributed by atoms with Crippen molar-refractivity contribution in [2.24, 2.45) is 0 Å². The lowest BCUT2D eigenvalue weighted by atomic mass is 10.3. The van der Waals surface area contributed by atoms with Gasteiger partial charge in [0, 0.05) is 10.2 Å². The highest BCUT2D eigenvalue weighted by Gasteiger charge is 2.06. The van der Waals surface area contributed by atoms with Gasteiger partial charge < -0.3 is 20.5 Å². The second kappa shape index (κ2) is 7.82. The molecule has 1 atom stereocenters. The minimum absolute atomic E-state index is 0.104. The molecule has 0 aliphatic heterocycles. The molecule has 3 N–H and O–H groups in total. The molecule has 0 aliphatic carbocycles. The van der Waals surface area contributed by atoms with E-state index in [9.17, 15) is 4.79 Å². The summed E-state index contributed by atoms with van der Waals surface area (Å²) in [6, 6.07) is 13.9. The van der Waals surface area contributed by atoms with Gasteiger partial charge in [-0.3, -0.25) is 0 Å². The van der Waals surface area contributed by atoms with Gasteiger partial charge in [-0.2, -0.15) is 0 Å². The van der Waals surface area contributed by atoms with Crippen LogP contribution in [0.5, 0.6) is 11.5 Å². The summed E-state index contributed by atoms with van der Waals surface area (Å²) in [6.45, 7) is 1.61. The van der Waals surface area contributed by atoms with Crippen molar-refractivity contribution in [2.75, 3.05) is 11.9 Å². The molecule has 5 nitrogen and oxygen atoms in total. The van der Waals surface area contributed by atoms with Crippen LogP contribution < -0.4 is 15.4 Å². The smallest absolute Gasteiger partial charge is 0.319 e. The van der Waals surface area contributed by atoms with E-state index in [1.54, 1.807) is 31.2 Å². The molecule has 0 saturated carbocycles. The van der Waals surface area contributed by atoms with Crippen LogP contribution in [0.15, 0.2) is 53.0 Å². The number of nitrogens with one attached hydrogen (secondary N) is 2. The summed E-state index contributed by atoms with van der Waals surface area (Å²) in [6.07, 6.45) is 0. The third-order valence-corrected chi connectivity index (χ3v) is 3.34. The van der Waals surface area contributed by atoms with Gasteiger partial charge in [-0.25, -0.2) is 4.79 Å². The van der Waals surface area contributed by atoms with E-state index in [0.717, 1.165) is 10.2 Å². The largest absolute Gasteiger partial charge is 0.457 e. The molecule has 0 aliphatic rings. The number of benzene rings is 2. The van der Waals surface area contributed by atoms with Crippen molar-refractivity contribution in [1.29, 1.82) is 0 Å². The third-order valence-electron chi connectivity index (χ3n) is 2.81. The second-order valence-electron chi connectivity index (χ2n) is 4.76. The lowest BCUT2D eigenvalue weighted by Crippen LogP contribution is -2.38. The van der Waals surface area contributed by atoms with E-state index in [0.29, 0.717) is 11.4 Å². The van der Waals surface area contributed by atoms with E-state index in [-0.39, 0.29) is 18.7 Å². The van der Waals surface area contributed by atoms with Crippen LogP contribution in [-0.4, -0.2) is 23.8 Å². The quantitative estimate of drug-likeness (QED) is 0.756. The highest BCUT2D eigenvalue weighted by atomic mass is 79.9. The number of halogens is 1. The van der Waals surface area contributed by atoms with E-state index < -0.39 is 0 Å². The van der Waals surface area contributed by atoms with Crippen LogP contribution in [-0.2, 0) is 0 Å². The Kier molecular flexibility index (Phi) is 5.80. The summed E-state index contributed by atoms with van der Waals surface area (Å²) in [7, 11) is 0. The maximum atomic E-state index is 11.6. The van der Waals surface area contributed by atoms with Crippen LogP contribution in [0, 0.1) is 0 Å². The number of anilines is 1. The van der Waals surface area contributed by atoms with Gasteiger partial charge in [0.25, 0.3) is 0 Å². The first kappa shape index (κ1) is 16.3. The lowest BCUT2D eigenvalue weighted by Gasteiger charge is -2.12.